The molecule has 2 aliphatic rings. The van der Waals surface area contributed by atoms with Crippen LogP contribution in [0.1, 0.15) is 23.5 Å². The molecule has 7 heteroatoms. The molecule has 0 N–H and O–H groups in total. The van der Waals surface area contributed by atoms with Gasteiger partial charge in [-0.15, -0.1) is 0 Å². The van der Waals surface area contributed by atoms with Crippen LogP contribution in [0, 0.1) is 11.8 Å². The highest BCUT2D eigenvalue weighted by atomic mass is 19.3. The van der Waals surface area contributed by atoms with Gasteiger partial charge in [-0.2, -0.15) is 0 Å². The number of carbonyl (C=O) groups is 1. The molecule has 2 bridgehead atoms. The molecule has 1 saturated heterocycles. The minimum Gasteiger partial charge on any atom is -0.494 e. The lowest BCUT2D eigenvalue weighted by Gasteiger charge is -2.37. The fraction of sp³-hybridized carbons (Fsp3) is 0.615. The SMILES string of the molecule is COc1cnc(C(=O)N2CC3CCC(C2)C3(F)F)nc1. The molecule has 2 atom stereocenters. The third-order valence-corrected chi connectivity index (χ3v) is 4.18. The first-order valence-electron chi connectivity index (χ1n) is 6.55. The Kier molecular flexibility index (Phi) is 3.07. The van der Waals surface area contributed by atoms with E-state index in [1.807, 2.05) is 0 Å². The zero-order chi connectivity index (χ0) is 14.3. The molecule has 20 heavy (non-hydrogen) atoms. The van der Waals surface area contributed by atoms with Gasteiger partial charge in [0.25, 0.3) is 11.8 Å². The molecule has 1 aromatic heterocycles. The number of hydrogen-bond acceptors (Lipinski definition) is 4. The number of hydrogen-bond donors (Lipinski definition) is 0. The number of likely N-dealkylation sites (tertiary alicyclic amines) is 1. The van der Waals surface area contributed by atoms with E-state index in [0.29, 0.717) is 18.6 Å². The molecule has 1 aromatic rings. The summed E-state index contributed by atoms with van der Waals surface area (Å²) in [5.41, 5.74) is 0. The lowest BCUT2D eigenvalue weighted by molar-refractivity contribution is -0.110. The van der Waals surface area contributed by atoms with Gasteiger partial charge in [0.1, 0.15) is 0 Å². The standard InChI is InChI=1S/C13H15F2N3O2/c1-20-10-4-16-11(17-5-10)12(19)18-6-8-2-3-9(7-18)13(8,14)15/h4-5,8-9H,2-3,6-7H2,1H3. The molecule has 1 aliphatic heterocycles. The highest BCUT2D eigenvalue weighted by Crippen LogP contribution is 2.48. The number of methoxy groups -OCH3 is 1. The van der Waals surface area contributed by atoms with E-state index in [1.165, 1.54) is 24.4 Å². The van der Waals surface area contributed by atoms with Crippen molar-refractivity contribution in [2.75, 3.05) is 20.2 Å². The molecule has 0 spiro atoms. The molecule has 0 aromatic carbocycles. The maximum Gasteiger partial charge on any atom is 0.291 e. The highest BCUT2D eigenvalue weighted by molar-refractivity contribution is 5.90. The molecular formula is C13H15F2N3O2. The van der Waals surface area contributed by atoms with Crippen molar-refractivity contribution in [3.05, 3.63) is 18.2 Å². The highest BCUT2D eigenvalue weighted by Gasteiger charge is 2.56. The van der Waals surface area contributed by atoms with Crippen molar-refractivity contribution >= 4 is 5.91 Å². The number of piperidine rings is 1. The van der Waals surface area contributed by atoms with Crippen LogP contribution in [0.2, 0.25) is 0 Å². The number of halogens is 2. The lowest BCUT2D eigenvalue weighted by Crippen LogP contribution is -2.51. The summed E-state index contributed by atoms with van der Waals surface area (Å²) in [5, 5.41) is 0. The van der Waals surface area contributed by atoms with Crippen LogP contribution in [0.4, 0.5) is 8.78 Å². The predicted octanol–water partition coefficient (Wildman–Crippen LogP) is 1.60. The molecule has 108 valence electrons. The Labute approximate surface area is 115 Å². The van der Waals surface area contributed by atoms with Gasteiger partial charge in [0.15, 0.2) is 5.75 Å². The lowest BCUT2D eigenvalue weighted by atomic mass is 9.94. The molecule has 0 radical (unpaired) electrons. The topological polar surface area (TPSA) is 55.3 Å². The van der Waals surface area contributed by atoms with Crippen LogP contribution in [0.3, 0.4) is 0 Å². The molecule has 5 nitrogen and oxygen atoms in total. The number of aromatic nitrogens is 2. The van der Waals surface area contributed by atoms with E-state index < -0.39 is 17.8 Å². The first-order valence-corrected chi connectivity index (χ1v) is 6.55. The minimum atomic E-state index is -2.64. The average molecular weight is 283 g/mol. The van der Waals surface area contributed by atoms with Crippen molar-refractivity contribution < 1.29 is 18.3 Å². The van der Waals surface area contributed by atoms with Crippen LogP contribution in [-0.2, 0) is 0 Å². The van der Waals surface area contributed by atoms with Crippen molar-refractivity contribution in [2.45, 2.75) is 18.8 Å². The summed E-state index contributed by atoms with van der Waals surface area (Å²) in [4.78, 5) is 21.5. The fourth-order valence-electron chi connectivity index (χ4n) is 2.99. The molecule has 2 unspecified atom stereocenters. The van der Waals surface area contributed by atoms with Crippen LogP contribution in [-0.4, -0.2) is 46.9 Å². The van der Waals surface area contributed by atoms with E-state index in [0.717, 1.165) is 0 Å². The van der Waals surface area contributed by atoms with Gasteiger partial charge >= 0.3 is 0 Å². The quantitative estimate of drug-likeness (QED) is 0.827. The average Bonchev–Trinajstić information content (AvgIpc) is 2.66. The van der Waals surface area contributed by atoms with E-state index in [4.69, 9.17) is 4.74 Å². The molecular weight excluding hydrogens is 268 g/mol. The third kappa shape index (κ3) is 2.01. The van der Waals surface area contributed by atoms with Crippen LogP contribution in [0.5, 0.6) is 5.75 Å². The number of ether oxygens (including phenoxy) is 1. The number of alkyl halides is 2. The van der Waals surface area contributed by atoms with Crippen molar-refractivity contribution in [3.8, 4) is 5.75 Å². The number of fused-ring (bicyclic) bond motifs is 2. The Morgan fingerprint density at radius 1 is 1.30 bits per heavy atom. The Morgan fingerprint density at radius 2 is 1.85 bits per heavy atom. The fourth-order valence-corrected chi connectivity index (χ4v) is 2.99. The van der Waals surface area contributed by atoms with Crippen LogP contribution in [0.15, 0.2) is 12.4 Å². The largest absolute Gasteiger partial charge is 0.494 e. The smallest absolute Gasteiger partial charge is 0.291 e. The van der Waals surface area contributed by atoms with Gasteiger partial charge in [-0.05, 0) is 12.8 Å². The minimum absolute atomic E-state index is 0.0235. The number of amides is 1. The van der Waals surface area contributed by atoms with Gasteiger partial charge in [-0.3, -0.25) is 4.79 Å². The second-order valence-electron chi connectivity index (χ2n) is 5.30. The normalized spacial score (nSPS) is 27.4. The van der Waals surface area contributed by atoms with E-state index in [1.54, 1.807) is 0 Å². The summed E-state index contributed by atoms with van der Waals surface area (Å²) >= 11 is 0. The molecule has 2 heterocycles. The Morgan fingerprint density at radius 3 is 2.35 bits per heavy atom. The summed E-state index contributed by atoms with van der Waals surface area (Å²) in [6.07, 6.45) is 3.75. The van der Waals surface area contributed by atoms with E-state index in [2.05, 4.69) is 9.97 Å². The van der Waals surface area contributed by atoms with Gasteiger partial charge in [0, 0.05) is 24.9 Å². The van der Waals surface area contributed by atoms with Crippen molar-refractivity contribution in [3.63, 3.8) is 0 Å². The van der Waals surface area contributed by atoms with Crippen molar-refractivity contribution in [1.82, 2.24) is 14.9 Å². The summed E-state index contributed by atoms with van der Waals surface area (Å²) in [5.74, 6) is -4.02. The second kappa shape index (κ2) is 4.64. The van der Waals surface area contributed by atoms with Gasteiger partial charge < -0.3 is 9.64 Å². The second-order valence-corrected chi connectivity index (χ2v) is 5.30. The maximum atomic E-state index is 13.8. The molecule has 1 saturated carbocycles. The molecule has 1 aliphatic carbocycles. The monoisotopic (exact) mass is 283 g/mol. The Balaban J connectivity index is 1.75. The summed E-state index contributed by atoms with van der Waals surface area (Å²) in [7, 11) is 1.48. The van der Waals surface area contributed by atoms with E-state index in [-0.39, 0.29) is 24.8 Å². The summed E-state index contributed by atoms with van der Waals surface area (Å²) in [6, 6.07) is 0. The summed E-state index contributed by atoms with van der Waals surface area (Å²) in [6.45, 7) is 0.162. The molecule has 1 amide bonds. The Bertz CT molecular complexity index is 505. The van der Waals surface area contributed by atoms with Crippen molar-refractivity contribution in [2.24, 2.45) is 11.8 Å². The summed E-state index contributed by atoms with van der Waals surface area (Å²) < 4.78 is 32.5. The van der Waals surface area contributed by atoms with Gasteiger partial charge in [0.05, 0.1) is 19.5 Å². The first-order chi connectivity index (χ1) is 9.52. The number of nitrogens with zero attached hydrogens (tertiary/aromatic N) is 3. The van der Waals surface area contributed by atoms with Gasteiger partial charge in [0.2, 0.25) is 5.82 Å². The van der Waals surface area contributed by atoms with Crippen LogP contribution < -0.4 is 4.74 Å². The third-order valence-electron chi connectivity index (χ3n) is 4.18. The van der Waals surface area contributed by atoms with Gasteiger partial charge in [-0.25, -0.2) is 18.7 Å². The number of rotatable bonds is 2. The predicted molar refractivity (Wildman–Crippen MR) is 65.6 cm³/mol. The van der Waals surface area contributed by atoms with E-state index >= 15 is 0 Å². The first kappa shape index (κ1) is 13.2. The van der Waals surface area contributed by atoms with Gasteiger partial charge in [-0.1, -0.05) is 0 Å². The maximum absolute atomic E-state index is 13.8. The zero-order valence-corrected chi connectivity index (χ0v) is 11.1. The molecule has 3 rings (SSSR count). The van der Waals surface area contributed by atoms with Crippen molar-refractivity contribution in [1.29, 1.82) is 0 Å². The zero-order valence-electron chi connectivity index (χ0n) is 11.1. The Hall–Kier alpha value is -1.79. The number of carbonyl (C=O) groups excluding carboxylic acids is 1. The van der Waals surface area contributed by atoms with E-state index in [9.17, 15) is 13.6 Å². The van der Waals surface area contributed by atoms with Crippen LogP contribution >= 0.6 is 0 Å². The molecule has 2 fully saturated rings. The van der Waals surface area contributed by atoms with Crippen LogP contribution in [0.25, 0.3) is 0 Å².